The molecule has 8 rings (SSSR count). The Morgan fingerprint density at radius 2 is 0.878 bits per heavy atom. The second-order valence-corrected chi connectivity index (χ2v) is 29.6. The van der Waals surface area contributed by atoms with Gasteiger partial charge in [0.15, 0.2) is 67.5 Å². The number of carbonyl (C=O) groups excluding carboxylic acids is 12. The SMILES string of the molecule is COC(=O)[C@H]1O[C@@H](O[C@H]2CC[C@]3(C)[C@H]4CC=C5[C@@H]6CC(C)(C)CC[C@]6(C(=O)O[C@@H]6O[C@H](COC(C)=O)[C@@H](OC(C)=O)[C@H](OC(C)=O)[C@H]6OC(C)=O)CC[C@@]5(C)[C@]4(C)CC[C@H]3C2(C)C)[C@H](O[C@@H]2O[C@H](COC(C)=O)[C@H](OC(C)=O)[C@H](OC(C)=O)[C@H]2OC(C)=O)[C@@H](OC(C)=O)[C@@H]1OC(C)=O. The highest BCUT2D eigenvalue weighted by Crippen LogP contribution is 2.76. The van der Waals surface area contributed by atoms with Gasteiger partial charge in [-0.05, 0) is 109 Å². The molecular weight excluding hydrogens is 1290 g/mol. The summed E-state index contributed by atoms with van der Waals surface area (Å²) in [5, 5.41) is 0. The Hall–Kier alpha value is -6.82. The topological polar surface area (TPSA) is 362 Å². The van der Waals surface area contributed by atoms with Crippen LogP contribution in [0.25, 0.3) is 0 Å². The van der Waals surface area contributed by atoms with Gasteiger partial charge in [0.2, 0.25) is 12.4 Å². The molecule has 29 nitrogen and oxygen atoms in total. The molecule has 7 fully saturated rings. The summed E-state index contributed by atoms with van der Waals surface area (Å²) in [5.74, 6) is -10.6. The van der Waals surface area contributed by atoms with Gasteiger partial charge in [0.05, 0.1) is 18.6 Å². The molecule has 8 aliphatic rings. The maximum absolute atomic E-state index is 15.7. The molecule has 29 heteroatoms. The molecule has 3 saturated heterocycles. The minimum Gasteiger partial charge on any atom is -0.467 e. The van der Waals surface area contributed by atoms with E-state index in [0.29, 0.717) is 57.8 Å². The predicted molar refractivity (Wildman–Crippen MR) is 331 cm³/mol. The first-order valence-corrected chi connectivity index (χ1v) is 33.5. The monoisotopic (exact) mass is 1390 g/mol. The molecule has 0 aromatic carbocycles. The van der Waals surface area contributed by atoms with Gasteiger partial charge in [0, 0.05) is 69.2 Å². The quantitative estimate of drug-likeness (QED) is 0.0616. The van der Waals surface area contributed by atoms with Crippen LogP contribution in [-0.2, 0) is 138 Å². The van der Waals surface area contributed by atoms with Gasteiger partial charge in [-0.25, -0.2) is 4.79 Å². The van der Waals surface area contributed by atoms with Gasteiger partial charge in [0.1, 0.15) is 25.4 Å². The summed E-state index contributed by atoms with van der Waals surface area (Å²) in [5.41, 5.74) is -2.16. The van der Waals surface area contributed by atoms with Gasteiger partial charge >= 0.3 is 71.6 Å². The number of hydrogen-bond acceptors (Lipinski definition) is 29. The summed E-state index contributed by atoms with van der Waals surface area (Å²) < 4.78 is 101. The van der Waals surface area contributed by atoms with Gasteiger partial charge in [-0.1, -0.05) is 60.1 Å². The van der Waals surface area contributed by atoms with Crippen molar-refractivity contribution in [3.05, 3.63) is 11.6 Å². The van der Waals surface area contributed by atoms with Crippen molar-refractivity contribution in [3.63, 3.8) is 0 Å². The van der Waals surface area contributed by atoms with Crippen molar-refractivity contribution in [2.75, 3.05) is 20.3 Å². The molecule has 5 aliphatic carbocycles. The van der Waals surface area contributed by atoms with Crippen LogP contribution in [0.2, 0.25) is 0 Å². The molecule has 0 spiro atoms. The third-order valence-electron chi connectivity index (χ3n) is 22.2. The molecule has 3 heterocycles. The van der Waals surface area contributed by atoms with Crippen LogP contribution in [0.1, 0.15) is 182 Å². The van der Waals surface area contributed by atoms with Crippen molar-refractivity contribution in [3.8, 4) is 0 Å². The van der Waals surface area contributed by atoms with Gasteiger partial charge < -0.3 is 80.5 Å². The van der Waals surface area contributed by atoms with Crippen molar-refractivity contribution in [2.24, 2.45) is 50.2 Å². The molecule has 0 aromatic rings. The molecule has 0 unspecified atom stereocenters. The summed E-state index contributed by atoms with van der Waals surface area (Å²) in [7, 11) is 1.07. The number of carbonyl (C=O) groups is 12. The predicted octanol–water partition coefficient (Wildman–Crippen LogP) is 6.03. The van der Waals surface area contributed by atoms with E-state index >= 15 is 4.79 Å². The highest BCUT2D eigenvalue weighted by molar-refractivity contribution is 5.80. The largest absolute Gasteiger partial charge is 0.467 e. The van der Waals surface area contributed by atoms with Crippen molar-refractivity contribution < 1.29 is 138 Å². The molecule has 23 atom stereocenters. The van der Waals surface area contributed by atoms with Gasteiger partial charge in [-0.2, -0.15) is 0 Å². The van der Waals surface area contributed by atoms with E-state index in [1.54, 1.807) is 0 Å². The number of fused-ring (bicyclic) bond motifs is 7. The van der Waals surface area contributed by atoms with E-state index in [0.717, 1.165) is 88.3 Å². The molecule has 0 bridgehead atoms. The number of ether oxygens (including phenoxy) is 17. The molecule has 0 aromatic heterocycles. The third-order valence-corrected chi connectivity index (χ3v) is 22.2. The number of rotatable bonds is 19. The van der Waals surface area contributed by atoms with E-state index in [9.17, 15) is 52.7 Å². The molecule has 0 radical (unpaired) electrons. The smallest absolute Gasteiger partial charge is 0.339 e. The van der Waals surface area contributed by atoms with E-state index in [2.05, 4.69) is 54.5 Å². The van der Waals surface area contributed by atoms with Crippen LogP contribution in [0, 0.1) is 50.2 Å². The minimum atomic E-state index is -1.91. The number of methoxy groups -OCH3 is 1. The lowest BCUT2D eigenvalue weighted by Crippen LogP contribution is -2.68. The zero-order chi connectivity index (χ0) is 72.7. The van der Waals surface area contributed by atoms with E-state index in [4.69, 9.17) is 80.5 Å². The molecule has 0 amide bonds. The maximum atomic E-state index is 15.7. The van der Waals surface area contributed by atoms with Gasteiger partial charge in [-0.3, -0.25) is 52.7 Å². The summed E-state index contributed by atoms with van der Waals surface area (Å²) in [6, 6.07) is 0. The van der Waals surface area contributed by atoms with E-state index in [-0.39, 0.29) is 34.0 Å². The Balaban J connectivity index is 1.14. The summed E-state index contributed by atoms with van der Waals surface area (Å²) in [4.78, 5) is 157. The van der Waals surface area contributed by atoms with E-state index in [1.165, 1.54) is 0 Å². The van der Waals surface area contributed by atoms with Gasteiger partial charge in [0.25, 0.3) is 0 Å². The Labute approximate surface area is 570 Å². The molecule has 98 heavy (non-hydrogen) atoms. The van der Waals surface area contributed by atoms with Crippen LogP contribution < -0.4 is 0 Å². The lowest BCUT2D eigenvalue weighted by molar-refractivity contribution is -0.375. The van der Waals surface area contributed by atoms with E-state index in [1.807, 2.05) is 0 Å². The molecule has 4 saturated carbocycles. The van der Waals surface area contributed by atoms with Crippen molar-refractivity contribution in [1.29, 1.82) is 0 Å². The highest BCUT2D eigenvalue weighted by Gasteiger charge is 2.71. The number of allylic oxidation sites excluding steroid dienone is 2. The minimum absolute atomic E-state index is 0.0579. The van der Waals surface area contributed by atoms with Crippen LogP contribution >= 0.6 is 0 Å². The summed E-state index contributed by atoms with van der Waals surface area (Å²) in [6.45, 7) is 25.3. The lowest BCUT2D eigenvalue weighted by Gasteiger charge is -2.71. The first-order chi connectivity index (χ1) is 45.6. The first-order valence-electron chi connectivity index (χ1n) is 33.5. The molecule has 0 N–H and O–H groups in total. The van der Waals surface area contributed by atoms with Crippen molar-refractivity contribution >= 4 is 71.6 Å². The fraction of sp³-hybridized carbons (Fsp3) is 0.797. The number of hydrogen-bond donors (Lipinski definition) is 0. The first kappa shape index (κ1) is 76.9. The van der Waals surface area contributed by atoms with Crippen LogP contribution in [0.5, 0.6) is 0 Å². The molecular formula is C69H98O29. The number of esters is 12. The standard InChI is InChI=1S/C69H98O29/c1-32(70)83-30-44-49(85-34(3)72)51(87-36(5)74)56(91-40(9)78)60(93-44)97-58-54(90-39(8)77)53(89-38(7)76)55(59(80)82-18)96-62(58)95-48-22-23-66(15)46(65(48,13)14)21-24-68(17)47(66)20-19-42-43-29-64(11,12)25-27-69(43,28-26-67(42,68)16)63(81)98-61-57(92-41(10)79)52(88-37(6)75)50(86-35(4)73)45(94-61)31-84-33(2)71/h19,43-58,60-62H,20-31H2,1-18H3/t43-,44+,45+,46-,47+,48-,49-,50+,51-,52-,53-,54-,55-,56+,57+,58+,60-,61-,62+,66-,67+,68+,69-/m0/s1. The Morgan fingerprint density at radius 3 is 1.37 bits per heavy atom. The van der Waals surface area contributed by atoms with Gasteiger partial charge in [-0.15, -0.1) is 0 Å². The zero-order valence-corrected chi connectivity index (χ0v) is 59.4. The average molecular weight is 1390 g/mol. The third kappa shape index (κ3) is 15.7. The molecule has 3 aliphatic heterocycles. The van der Waals surface area contributed by atoms with Crippen molar-refractivity contribution in [1.82, 2.24) is 0 Å². The van der Waals surface area contributed by atoms with Crippen molar-refractivity contribution in [2.45, 2.75) is 280 Å². The highest BCUT2D eigenvalue weighted by atomic mass is 16.8. The van der Waals surface area contributed by atoms with Crippen LogP contribution in [0.15, 0.2) is 11.6 Å². The Morgan fingerprint density at radius 1 is 0.439 bits per heavy atom. The van der Waals surface area contributed by atoms with Crippen LogP contribution in [-0.4, -0.2) is 190 Å². The molecule has 548 valence electrons. The van der Waals surface area contributed by atoms with Crippen LogP contribution in [0.3, 0.4) is 0 Å². The second-order valence-electron chi connectivity index (χ2n) is 29.6. The zero-order valence-electron chi connectivity index (χ0n) is 59.4. The Kier molecular flexibility index (Phi) is 23.4. The fourth-order valence-corrected chi connectivity index (χ4v) is 18.0. The second kappa shape index (κ2) is 29.8. The normalized spacial score (nSPS) is 38.9. The summed E-state index contributed by atoms with van der Waals surface area (Å²) in [6.07, 6.45) is -17.8. The lowest BCUT2D eigenvalue weighted by atomic mass is 9.33. The van der Waals surface area contributed by atoms with Crippen LogP contribution in [0.4, 0.5) is 0 Å². The average Bonchev–Trinajstić information content (AvgIpc) is 0.676. The van der Waals surface area contributed by atoms with E-state index < -0.39 is 199 Å². The summed E-state index contributed by atoms with van der Waals surface area (Å²) >= 11 is 0. The fourth-order valence-electron chi connectivity index (χ4n) is 18.0. The Bertz CT molecular complexity index is 3120. The maximum Gasteiger partial charge on any atom is 0.339 e.